The number of nitrogens with two attached hydrogens (primary N) is 1. The van der Waals surface area contributed by atoms with Crippen LogP contribution < -0.4 is 11.1 Å². The molecule has 88 valence electrons. The number of carbonyl (C=O) groups is 1. The topological polar surface area (TPSA) is 55.1 Å². The lowest BCUT2D eigenvalue weighted by Gasteiger charge is -2.08. The molecular weight excluding hydrogens is 227 g/mol. The molecule has 0 heterocycles. The Balaban J connectivity index is 2.37. The summed E-state index contributed by atoms with van der Waals surface area (Å²) in [6, 6.07) is 5.69. The van der Waals surface area contributed by atoms with E-state index in [-0.39, 0.29) is 17.0 Å². The summed E-state index contributed by atoms with van der Waals surface area (Å²) in [6.45, 7) is 2.52. The lowest BCUT2D eigenvalue weighted by Crippen LogP contribution is -2.19. The number of hydrogen-bond donors (Lipinski definition) is 2. The fourth-order valence-corrected chi connectivity index (χ4v) is 1.66. The van der Waals surface area contributed by atoms with Crippen LogP contribution >= 0.6 is 11.8 Å². The fraction of sp³-hybridized carbons (Fsp3) is 0.364. The summed E-state index contributed by atoms with van der Waals surface area (Å²) < 4.78 is 12.6. The number of amides is 1. The van der Waals surface area contributed by atoms with Crippen molar-refractivity contribution in [2.45, 2.75) is 12.2 Å². The van der Waals surface area contributed by atoms with Crippen molar-refractivity contribution in [1.29, 1.82) is 0 Å². The zero-order valence-corrected chi connectivity index (χ0v) is 9.89. The molecule has 0 fully saturated rings. The molecule has 0 spiro atoms. The molecule has 3 nitrogen and oxygen atoms in total. The minimum absolute atomic E-state index is 0.100. The maximum absolute atomic E-state index is 12.6. The Bertz CT molecular complexity index is 342. The third-order valence-corrected chi connectivity index (χ3v) is 3.15. The van der Waals surface area contributed by atoms with Crippen LogP contribution in [-0.2, 0) is 4.79 Å². The van der Waals surface area contributed by atoms with Gasteiger partial charge in [-0.15, -0.1) is 11.8 Å². The Morgan fingerprint density at radius 1 is 1.50 bits per heavy atom. The molecule has 1 amide bonds. The zero-order valence-electron chi connectivity index (χ0n) is 9.07. The molecule has 0 aliphatic carbocycles. The number of carbonyl (C=O) groups excluding carboxylic acids is 1. The van der Waals surface area contributed by atoms with Crippen molar-refractivity contribution in [3.05, 3.63) is 30.1 Å². The normalized spacial score (nSPS) is 12.2. The highest BCUT2D eigenvalue weighted by molar-refractivity contribution is 8.00. The van der Waals surface area contributed by atoms with Crippen LogP contribution in [0.5, 0.6) is 0 Å². The lowest BCUT2D eigenvalue weighted by molar-refractivity contribution is -0.113. The molecule has 0 aliphatic heterocycles. The number of anilines is 1. The van der Waals surface area contributed by atoms with E-state index in [1.54, 1.807) is 0 Å². The van der Waals surface area contributed by atoms with Gasteiger partial charge in [0.2, 0.25) is 5.91 Å². The van der Waals surface area contributed by atoms with Crippen LogP contribution in [0.25, 0.3) is 0 Å². The highest BCUT2D eigenvalue weighted by atomic mass is 32.2. The third kappa shape index (κ3) is 4.63. The molecule has 0 aromatic heterocycles. The molecule has 0 radical (unpaired) electrons. The van der Waals surface area contributed by atoms with Gasteiger partial charge >= 0.3 is 0 Å². The van der Waals surface area contributed by atoms with Gasteiger partial charge in [0, 0.05) is 17.5 Å². The van der Waals surface area contributed by atoms with Crippen molar-refractivity contribution in [2.75, 3.05) is 17.6 Å². The second-order valence-corrected chi connectivity index (χ2v) is 4.84. The van der Waals surface area contributed by atoms with Gasteiger partial charge in [0.25, 0.3) is 0 Å². The van der Waals surface area contributed by atoms with E-state index in [0.29, 0.717) is 18.0 Å². The van der Waals surface area contributed by atoms with Gasteiger partial charge in [0.1, 0.15) is 5.82 Å². The van der Waals surface area contributed by atoms with Crippen LogP contribution in [0.2, 0.25) is 0 Å². The SMILES string of the molecule is CC(CN)SCC(=O)Nc1ccc(F)cc1. The van der Waals surface area contributed by atoms with Gasteiger partial charge in [-0.2, -0.15) is 0 Å². The zero-order chi connectivity index (χ0) is 12.0. The predicted molar refractivity (Wildman–Crippen MR) is 66.0 cm³/mol. The molecular formula is C11H15FN2OS. The van der Waals surface area contributed by atoms with Crippen molar-refractivity contribution in [1.82, 2.24) is 0 Å². The quantitative estimate of drug-likeness (QED) is 0.828. The standard InChI is InChI=1S/C11H15FN2OS/c1-8(6-13)16-7-11(15)14-10-4-2-9(12)3-5-10/h2-5,8H,6-7,13H2,1H3,(H,14,15). The Labute approximate surface area is 98.6 Å². The molecule has 0 saturated carbocycles. The van der Waals surface area contributed by atoms with Gasteiger partial charge < -0.3 is 11.1 Å². The summed E-state index contributed by atoms with van der Waals surface area (Å²) in [5, 5.41) is 2.94. The lowest BCUT2D eigenvalue weighted by atomic mass is 10.3. The van der Waals surface area contributed by atoms with Gasteiger partial charge in [0.15, 0.2) is 0 Å². The van der Waals surface area contributed by atoms with Crippen molar-refractivity contribution >= 4 is 23.4 Å². The molecule has 1 aromatic rings. The minimum atomic E-state index is -0.316. The van der Waals surface area contributed by atoms with Crippen LogP contribution in [0.1, 0.15) is 6.92 Å². The first-order chi connectivity index (χ1) is 7.61. The van der Waals surface area contributed by atoms with Crippen LogP contribution in [0, 0.1) is 5.82 Å². The maximum Gasteiger partial charge on any atom is 0.234 e. The molecule has 5 heteroatoms. The highest BCUT2D eigenvalue weighted by Crippen LogP contribution is 2.11. The molecule has 3 N–H and O–H groups in total. The van der Waals surface area contributed by atoms with Crippen LogP contribution in [0.3, 0.4) is 0 Å². The average molecular weight is 242 g/mol. The van der Waals surface area contributed by atoms with Crippen molar-refractivity contribution in [3.8, 4) is 0 Å². The summed E-state index contributed by atoms with van der Waals surface area (Å²) >= 11 is 1.50. The van der Waals surface area contributed by atoms with Crippen LogP contribution in [0.4, 0.5) is 10.1 Å². The Morgan fingerprint density at radius 3 is 2.69 bits per heavy atom. The Morgan fingerprint density at radius 2 is 2.12 bits per heavy atom. The monoisotopic (exact) mass is 242 g/mol. The van der Waals surface area contributed by atoms with E-state index in [0.717, 1.165) is 0 Å². The summed E-state index contributed by atoms with van der Waals surface area (Å²) in [6.07, 6.45) is 0. The first kappa shape index (κ1) is 13.0. The van der Waals surface area contributed by atoms with E-state index in [1.165, 1.54) is 36.0 Å². The number of hydrogen-bond acceptors (Lipinski definition) is 3. The first-order valence-corrected chi connectivity index (χ1v) is 6.04. The van der Waals surface area contributed by atoms with Gasteiger partial charge in [-0.1, -0.05) is 6.92 Å². The number of nitrogens with one attached hydrogen (secondary N) is 1. The number of rotatable bonds is 5. The van der Waals surface area contributed by atoms with E-state index in [4.69, 9.17) is 5.73 Å². The van der Waals surface area contributed by atoms with E-state index >= 15 is 0 Å². The molecule has 0 saturated heterocycles. The summed E-state index contributed by atoms with van der Waals surface area (Å²) in [7, 11) is 0. The second kappa shape index (κ2) is 6.50. The van der Waals surface area contributed by atoms with Gasteiger partial charge in [-0.25, -0.2) is 4.39 Å². The number of halogens is 1. The molecule has 0 aliphatic rings. The first-order valence-electron chi connectivity index (χ1n) is 4.99. The minimum Gasteiger partial charge on any atom is -0.329 e. The maximum atomic E-state index is 12.6. The Kier molecular flexibility index (Phi) is 5.28. The summed E-state index contributed by atoms with van der Waals surface area (Å²) in [5.41, 5.74) is 6.04. The second-order valence-electron chi connectivity index (χ2n) is 3.41. The molecule has 0 bridgehead atoms. The van der Waals surface area contributed by atoms with Gasteiger partial charge in [-0.3, -0.25) is 4.79 Å². The van der Waals surface area contributed by atoms with Crippen LogP contribution in [0.15, 0.2) is 24.3 Å². The predicted octanol–water partition coefficient (Wildman–Crippen LogP) is 1.84. The van der Waals surface area contributed by atoms with Gasteiger partial charge in [-0.05, 0) is 24.3 Å². The number of thioether (sulfide) groups is 1. The van der Waals surface area contributed by atoms with E-state index < -0.39 is 0 Å². The van der Waals surface area contributed by atoms with E-state index in [1.807, 2.05) is 6.92 Å². The van der Waals surface area contributed by atoms with Crippen molar-refractivity contribution in [2.24, 2.45) is 5.73 Å². The highest BCUT2D eigenvalue weighted by Gasteiger charge is 2.06. The molecule has 1 unspecified atom stereocenters. The van der Waals surface area contributed by atoms with E-state index in [2.05, 4.69) is 5.32 Å². The molecule has 1 rings (SSSR count). The average Bonchev–Trinajstić information content (AvgIpc) is 2.29. The molecule has 1 aromatic carbocycles. The summed E-state index contributed by atoms with van der Waals surface area (Å²) in [5.74, 6) is -0.0588. The van der Waals surface area contributed by atoms with Crippen molar-refractivity contribution < 1.29 is 9.18 Å². The molecule has 16 heavy (non-hydrogen) atoms. The number of benzene rings is 1. The van der Waals surface area contributed by atoms with E-state index in [9.17, 15) is 9.18 Å². The third-order valence-electron chi connectivity index (χ3n) is 1.96. The summed E-state index contributed by atoms with van der Waals surface area (Å²) in [4.78, 5) is 11.5. The van der Waals surface area contributed by atoms with Gasteiger partial charge in [0.05, 0.1) is 5.75 Å². The fourth-order valence-electron chi connectivity index (χ4n) is 1.02. The molecule has 1 atom stereocenters. The van der Waals surface area contributed by atoms with Crippen LogP contribution in [-0.4, -0.2) is 23.5 Å². The Hall–Kier alpha value is -1.07. The largest absolute Gasteiger partial charge is 0.329 e. The van der Waals surface area contributed by atoms with Crippen molar-refractivity contribution in [3.63, 3.8) is 0 Å². The smallest absolute Gasteiger partial charge is 0.234 e.